The first-order chi connectivity index (χ1) is 22.7. The van der Waals surface area contributed by atoms with E-state index in [-0.39, 0.29) is 17.6 Å². The first-order valence-corrected chi connectivity index (χ1v) is 16.3. The van der Waals surface area contributed by atoms with Crippen LogP contribution in [0.15, 0.2) is 127 Å². The average Bonchev–Trinajstić information content (AvgIpc) is 3.60. The number of fused-ring (bicyclic) bond motifs is 5. The maximum absolute atomic E-state index is 16.0. The molecule has 2 amide bonds. The van der Waals surface area contributed by atoms with Crippen molar-refractivity contribution in [3.8, 4) is 0 Å². The Morgan fingerprint density at radius 1 is 0.553 bits per heavy atom. The van der Waals surface area contributed by atoms with Crippen LogP contribution in [0.5, 0.6) is 0 Å². The van der Waals surface area contributed by atoms with Crippen molar-refractivity contribution in [2.75, 3.05) is 4.90 Å². The number of benzene rings is 5. The molecule has 0 radical (unpaired) electrons. The molecule has 4 atom stereocenters. The van der Waals surface area contributed by atoms with Crippen LogP contribution in [0.25, 0.3) is 11.1 Å². The SMILES string of the molecule is Cc1ccc(C2=C(c3ccc(C)cc3)[C@@]3(c4ccccc4)C(=O)[C@@]2(c2ccccc2)[C@H]2C(=O)N(c4ccc(C)c(Cl)c4)C(=O)[C@@H]23)cc1. The lowest BCUT2D eigenvalue weighted by Crippen LogP contribution is -2.45. The normalized spacial score (nSPS) is 24.8. The summed E-state index contributed by atoms with van der Waals surface area (Å²) in [6, 6.07) is 40.8. The van der Waals surface area contributed by atoms with Crippen molar-refractivity contribution < 1.29 is 14.4 Å². The second kappa shape index (κ2) is 10.5. The maximum atomic E-state index is 16.0. The second-order valence-corrected chi connectivity index (χ2v) is 13.5. The highest BCUT2D eigenvalue weighted by Gasteiger charge is 2.82. The molecule has 1 saturated heterocycles. The van der Waals surface area contributed by atoms with Crippen molar-refractivity contribution in [2.45, 2.75) is 31.6 Å². The molecule has 0 aromatic heterocycles. The number of anilines is 1. The fourth-order valence-electron chi connectivity index (χ4n) is 8.54. The van der Waals surface area contributed by atoms with E-state index in [2.05, 4.69) is 0 Å². The second-order valence-electron chi connectivity index (χ2n) is 13.1. The van der Waals surface area contributed by atoms with Crippen molar-refractivity contribution in [2.24, 2.45) is 11.8 Å². The number of hydrogen-bond acceptors (Lipinski definition) is 3. The molecule has 8 rings (SSSR count). The van der Waals surface area contributed by atoms with Gasteiger partial charge in [0.1, 0.15) is 0 Å². The summed E-state index contributed by atoms with van der Waals surface area (Å²) in [5.41, 5.74) is 5.25. The molecule has 1 saturated carbocycles. The lowest BCUT2D eigenvalue weighted by molar-refractivity contribution is -0.130. The van der Waals surface area contributed by atoms with Crippen LogP contribution in [0.1, 0.15) is 38.9 Å². The van der Waals surface area contributed by atoms with Gasteiger partial charge in [0, 0.05) is 5.02 Å². The quantitative estimate of drug-likeness (QED) is 0.183. The molecule has 3 aliphatic rings. The molecule has 5 aromatic rings. The summed E-state index contributed by atoms with van der Waals surface area (Å²) in [6.45, 7) is 5.94. The fourth-order valence-corrected chi connectivity index (χ4v) is 8.71. The lowest BCUT2D eigenvalue weighted by Gasteiger charge is -2.39. The molecule has 2 fully saturated rings. The van der Waals surface area contributed by atoms with Crippen LogP contribution < -0.4 is 4.90 Å². The van der Waals surface area contributed by atoms with Crippen LogP contribution in [0, 0.1) is 32.6 Å². The predicted octanol–water partition coefficient (Wildman–Crippen LogP) is 8.45. The molecule has 1 aliphatic heterocycles. The highest BCUT2D eigenvalue weighted by molar-refractivity contribution is 6.39. The zero-order valence-electron chi connectivity index (χ0n) is 26.3. The zero-order valence-corrected chi connectivity index (χ0v) is 27.1. The van der Waals surface area contributed by atoms with E-state index in [1.54, 1.807) is 12.1 Å². The molecule has 0 N–H and O–H groups in total. The number of Topliss-reactive ketones (excluding diaryl/α,β-unsaturated/α-hetero) is 1. The van der Waals surface area contributed by atoms with E-state index in [1.807, 2.05) is 136 Å². The largest absolute Gasteiger partial charge is 0.297 e. The number of nitrogens with zero attached hydrogens (tertiary/aromatic N) is 1. The predicted molar refractivity (Wildman–Crippen MR) is 186 cm³/mol. The van der Waals surface area contributed by atoms with Crippen LogP contribution in [0.4, 0.5) is 5.69 Å². The summed E-state index contributed by atoms with van der Waals surface area (Å²) in [5, 5.41) is 0.466. The molecule has 2 aliphatic carbocycles. The van der Waals surface area contributed by atoms with E-state index in [9.17, 15) is 0 Å². The van der Waals surface area contributed by atoms with Gasteiger partial charge in [-0.2, -0.15) is 0 Å². The van der Waals surface area contributed by atoms with Crippen LogP contribution in [0.3, 0.4) is 0 Å². The maximum Gasteiger partial charge on any atom is 0.239 e. The number of rotatable bonds is 5. The minimum absolute atomic E-state index is 0.133. The molecule has 1 heterocycles. The van der Waals surface area contributed by atoms with E-state index < -0.39 is 22.7 Å². The first kappa shape index (κ1) is 29.3. The number of hydrogen-bond donors (Lipinski definition) is 0. The number of amides is 2. The van der Waals surface area contributed by atoms with Gasteiger partial charge in [0.2, 0.25) is 11.8 Å². The monoisotopic (exact) mass is 633 g/mol. The van der Waals surface area contributed by atoms with Gasteiger partial charge in [-0.1, -0.05) is 138 Å². The zero-order chi connectivity index (χ0) is 32.7. The molecule has 2 bridgehead atoms. The highest BCUT2D eigenvalue weighted by Crippen LogP contribution is 2.74. The third-order valence-corrected chi connectivity index (χ3v) is 11.0. The Bertz CT molecular complexity index is 2010. The van der Waals surface area contributed by atoms with Crippen molar-refractivity contribution in [3.05, 3.63) is 171 Å². The minimum atomic E-state index is -1.44. The summed E-state index contributed by atoms with van der Waals surface area (Å²) in [4.78, 5) is 47.4. The van der Waals surface area contributed by atoms with Gasteiger partial charge in [0.15, 0.2) is 5.78 Å². The van der Waals surface area contributed by atoms with E-state index in [4.69, 9.17) is 11.6 Å². The van der Waals surface area contributed by atoms with Gasteiger partial charge in [-0.05, 0) is 71.9 Å². The molecule has 47 heavy (non-hydrogen) atoms. The number of aryl methyl sites for hydroxylation is 3. The van der Waals surface area contributed by atoms with Gasteiger partial charge in [-0.15, -0.1) is 0 Å². The molecular formula is C42H32ClNO3. The lowest BCUT2D eigenvalue weighted by atomic mass is 9.59. The topological polar surface area (TPSA) is 54.5 Å². The third-order valence-electron chi connectivity index (χ3n) is 10.5. The Morgan fingerprint density at radius 3 is 1.38 bits per heavy atom. The number of ketones is 1. The molecule has 5 heteroatoms. The van der Waals surface area contributed by atoms with Crippen molar-refractivity contribution >= 4 is 46.0 Å². The number of imide groups is 1. The number of allylic oxidation sites excluding steroid dienone is 2. The molecule has 0 unspecified atom stereocenters. The number of halogens is 1. The molecular weight excluding hydrogens is 602 g/mol. The third kappa shape index (κ3) is 3.79. The van der Waals surface area contributed by atoms with Crippen LogP contribution in [-0.4, -0.2) is 17.6 Å². The Morgan fingerprint density at radius 2 is 0.979 bits per heavy atom. The standard InChI is InChI=1S/C42H32ClNO3/c1-25-14-19-28(20-15-25)34-35(29-21-16-26(2)17-22-29)42(31-12-8-5-9-13-31)37-36(41(34,40(42)47)30-10-6-4-7-11-30)38(45)44(39(37)46)32-23-18-27(3)33(43)24-32/h4-24,36-37H,1-3H3/t36-,37-,41-,42-/m1/s1. The fraction of sp³-hybridized carbons (Fsp3) is 0.167. The Kier molecular flexibility index (Phi) is 6.54. The molecule has 5 aromatic carbocycles. The molecule has 4 nitrogen and oxygen atoms in total. The van der Waals surface area contributed by atoms with E-state index in [0.29, 0.717) is 21.8 Å². The van der Waals surface area contributed by atoms with Gasteiger partial charge in [-0.3, -0.25) is 14.4 Å². The number of carbonyl (C=O) groups is 3. The van der Waals surface area contributed by atoms with Gasteiger partial charge in [-0.25, -0.2) is 4.90 Å². The van der Waals surface area contributed by atoms with Crippen molar-refractivity contribution in [3.63, 3.8) is 0 Å². The summed E-state index contributed by atoms with van der Waals surface area (Å²) in [6.07, 6.45) is 0. The first-order valence-electron chi connectivity index (χ1n) is 15.9. The summed E-state index contributed by atoms with van der Waals surface area (Å²) >= 11 is 6.57. The van der Waals surface area contributed by atoms with Crippen molar-refractivity contribution in [1.82, 2.24) is 0 Å². The van der Waals surface area contributed by atoms with Gasteiger partial charge >= 0.3 is 0 Å². The molecule has 0 spiro atoms. The van der Waals surface area contributed by atoms with Gasteiger partial charge in [0.05, 0.1) is 28.4 Å². The summed E-state index contributed by atoms with van der Waals surface area (Å²) in [7, 11) is 0. The minimum Gasteiger partial charge on any atom is -0.297 e. The number of carbonyl (C=O) groups excluding carboxylic acids is 3. The molecule has 230 valence electrons. The summed E-state index contributed by atoms with van der Waals surface area (Å²) in [5.74, 6) is -2.86. The van der Waals surface area contributed by atoms with E-state index in [1.165, 1.54) is 4.90 Å². The van der Waals surface area contributed by atoms with Crippen LogP contribution >= 0.6 is 11.6 Å². The van der Waals surface area contributed by atoms with E-state index in [0.717, 1.165) is 39.0 Å². The smallest absolute Gasteiger partial charge is 0.239 e. The van der Waals surface area contributed by atoms with Gasteiger partial charge < -0.3 is 0 Å². The Hall–Kier alpha value is -5.06. The van der Waals surface area contributed by atoms with Crippen LogP contribution in [0.2, 0.25) is 5.02 Å². The Balaban J connectivity index is 1.55. The van der Waals surface area contributed by atoms with E-state index >= 15 is 14.4 Å². The average molecular weight is 634 g/mol. The van der Waals surface area contributed by atoms with Crippen molar-refractivity contribution in [1.29, 1.82) is 0 Å². The van der Waals surface area contributed by atoms with Crippen LogP contribution in [-0.2, 0) is 25.2 Å². The van der Waals surface area contributed by atoms with Gasteiger partial charge in [0.25, 0.3) is 0 Å². The Labute approximate surface area is 279 Å². The summed E-state index contributed by atoms with van der Waals surface area (Å²) < 4.78 is 0. The highest BCUT2D eigenvalue weighted by atomic mass is 35.5.